The molecule has 0 aliphatic heterocycles. The maximum atomic E-state index is 5.99. The molecule has 0 aliphatic carbocycles. The highest BCUT2D eigenvalue weighted by atomic mass is 35.5. The highest BCUT2D eigenvalue weighted by Gasteiger charge is 2.07. The Morgan fingerprint density at radius 1 is 1.26 bits per heavy atom. The first-order valence-corrected chi connectivity index (χ1v) is 7.77. The number of methoxy groups -OCH3 is 1. The van der Waals surface area contributed by atoms with Gasteiger partial charge in [-0.2, -0.15) is 4.98 Å². The van der Waals surface area contributed by atoms with Crippen LogP contribution in [0.3, 0.4) is 0 Å². The number of para-hydroxylation sites is 1. The quantitative estimate of drug-likeness (QED) is 0.450. The van der Waals surface area contributed by atoms with E-state index in [0.29, 0.717) is 29.9 Å². The van der Waals surface area contributed by atoms with Gasteiger partial charge in [-0.3, -0.25) is 0 Å². The van der Waals surface area contributed by atoms with E-state index in [1.165, 1.54) is 6.07 Å². The maximum absolute atomic E-state index is 5.99. The number of rotatable bonds is 7. The van der Waals surface area contributed by atoms with Gasteiger partial charge >= 0.3 is 0 Å². The molecule has 1 aromatic carbocycles. The number of benzene rings is 1. The molecule has 0 amide bonds. The van der Waals surface area contributed by atoms with Crippen molar-refractivity contribution in [2.24, 2.45) is 0 Å². The summed E-state index contributed by atoms with van der Waals surface area (Å²) in [5, 5.41) is 6.58. The lowest BCUT2D eigenvalue weighted by atomic mass is 10.3. The van der Waals surface area contributed by atoms with Gasteiger partial charge in [0.15, 0.2) is 5.11 Å². The van der Waals surface area contributed by atoms with Gasteiger partial charge < -0.3 is 20.1 Å². The van der Waals surface area contributed by atoms with Gasteiger partial charge in [0.25, 0.3) is 0 Å². The summed E-state index contributed by atoms with van der Waals surface area (Å²) in [4.78, 5) is 8.30. The smallest absolute Gasteiger partial charge is 0.233 e. The van der Waals surface area contributed by atoms with Crippen LogP contribution in [0.2, 0.25) is 5.15 Å². The zero-order valence-electron chi connectivity index (χ0n) is 12.6. The van der Waals surface area contributed by atoms with Gasteiger partial charge in [-0.1, -0.05) is 29.8 Å². The van der Waals surface area contributed by atoms with Crippen molar-refractivity contribution in [3.63, 3.8) is 0 Å². The van der Waals surface area contributed by atoms with Gasteiger partial charge in [0.05, 0.1) is 0 Å². The Labute approximate surface area is 145 Å². The summed E-state index contributed by atoms with van der Waals surface area (Å²) >= 11 is 11.2. The summed E-state index contributed by atoms with van der Waals surface area (Å²) in [5.41, 5.74) is 0. The van der Waals surface area contributed by atoms with Crippen LogP contribution < -0.4 is 15.4 Å². The molecule has 0 atom stereocenters. The molecule has 0 saturated carbocycles. The van der Waals surface area contributed by atoms with Crippen molar-refractivity contribution in [3.8, 4) is 11.6 Å². The first-order chi connectivity index (χ1) is 11.2. The first-order valence-electron chi connectivity index (χ1n) is 6.98. The molecule has 122 valence electrons. The molecule has 0 unspecified atom stereocenters. The highest BCUT2D eigenvalue weighted by molar-refractivity contribution is 7.80. The minimum absolute atomic E-state index is 0.260. The van der Waals surface area contributed by atoms with E-state index in [2.05, 4.69) is 20.6 Å². The standard InChI is InChI=1S/C15H17ClN4O2S/c1-21-9-5-8-17-15(23)20-14-18-12(16)10-13(19-14)22-11-6-3-2-4-7-11/h2-4,6-7,10H,5,8-9H2,1H3,(H2,17,18,19,20,23). The summed E-state index contributed by atoms with van der Waals surface area (Å²) in [5.74, 6) is 1.27. The Kier molecular flexibility index (Phi) is 6.99. The SMILES string of the molecule is COCCCNC(=S)Nc1nc(Cl)cc(Oc2ccccc2)n1. The number of hydrogen-bond donors (Lipinski definition) is 2. The molecule has 23 heavy (non-hydrogen) atoms. The maximum Gasteiger partial charge on any atom is 0.233 e. The lowest BCUT2D eigenvalue weighted by Gasteiger charge is -2.10. The molecule has 1 aromatic heterocycles. The van der Waals surface area contributed by atoms with Crippen LogP contribution in [0.1, 0.15) is 6.42 Å². The number of anilines is 1. The fraction of sp³-hybridized carbons (Fsp3) is 0.267. The van der Waals surface area contributed by atoms with Gasteiger partial charge in [0, 0.05) is 26.3 Å². The third-order valence-corrected chi connectivity index (χ3v) is 3.11. The van der Waals surface area contributed by atoms with Crippen LogP contribution >= 0.6 is 23.8 Å². The van der Waals surface area contributed by atoms with E-state index in [1.807, 2.05) is 30.3 Å². The third-order valence-electron chi connectivity index (χ3n) is 2.67. The predicted molar refractivity (Wildman–Crippen MR) is 94.3 cm³/mol. The van der Waals surface area contributed by atoms with Gasteiger partial charge in [-0.15, -0.1) is 0 Å². The number of aromatic nitrogens is 2. The summed E-state index contributed by atoms with van der Waals surface area (Å²) in [6.45, 7) is 1.35. The summed E-state index contributed by atoms with van der Waals surface area (Å²) in [7, 11) is 1.66. The molecule has 0 saturated heterocycles. The summed E-state index contributed by atoms with van der Waals surface area (Å²) in [6, 6.07) is 10.8. The number of nitrogens with one attached hydrogen (secondary N) is 2. The molecule has 8 heteroatoms. The number of hydrogen-bond acceptors (Lipinski definition) is 5. The van der Waals surface area contributed by atoms with Crippen LogP contribution in [0.5, 0.6) is 11.6 Å². The Hall–Kier alpha value is -1.96. The molecular formula is C15H17ClN4O2S. The fourth-order valence-corrected chi connectivity index (χ4v) is 2.05. The van der Waals surface area contributed by atoms with Crippen LogP contribution in [-0.2, 0) is 4.74 Å². The van der Waals surface area contributed by atoms with E-state index >= 15 is 0 Å². The van der Waals surface area contributed by atoms with E-state index in [-0.39, 0.29) is 11.1 Å². The lowest BCUT2D eigenvalue weighted by molar-refractivity contribution is 0.196. The molecule has 2 rings (SSSR count). The molecule has 6 nitrogen and oxygen atoms in total. The minimum Gasteiger partial charge on any atom is -0.439 e. The highest BCUT2D eigenvalue weighted by Crippen LogP contribution is 2.22. The van der Waals surface area contributed by atoms with E-state index in [4.69, 9.17) is 33.3 Å². The second-order valence-electron chi connectivity index (χ2n) is 4.49. The van der Waals surface area contributed by atoms with Crippen LogP contribution in [0.25, 0.3) is 0 Å². The van der Waals surface area contributed by atoms with E-state index in [9.17, 15) is 0 Å². The fourth-order valence-electron chi connectivity index (χ4n) is 1.68. The van der Waals surface area contributed by atoms with Crippen molar-refractivity contribution in [1.82, 2.24) is 15.3 Å². The van der Waals surface area contributed by atoms with E-state index < -0.39 is 0 Å². The van der Waals surface area contributed by atoms with E-state index in [1.54, 1.807) is 7.11 Å². The van der Waals surface area contributed by atoms with Crippen molar-refractivity contribution in [2.75, 3.05) is 25.6 Å². The van der Waals surface area contributed by atoms with Crippen LogP contribution in [0.4, 0.5) is 5.95 Å². The normalized spacial score (nSPS) is 10.2. The van der Waals surface area contributed by atoms with Gasteiger partial charge in [0.1, 0.15) is 10.9 Å². The Morgan fingerprint density at radius 3 is 2.78 bits per heavy atom. The first kappa shape index (κ1) is 17.4. The number of thiocarbonyl (C=S) groups is 1. The number of nitrogens with zero attached hydrogens (tertiary/aromatic N) is 2. The Bertz CT molecular complexity index is 643. The predicted octanol–water partition coefficient (Wildman–Crippen LogP) is 3.25. The lowest BCUT2D eigenvalue weighted by Crippen LogP contribution is -2.30. The van der Waals surface area contributed by atoms with Crippen molar-refractivity contribution >= 4 is 34.9 Å². The molecule has 0 aliphatic rings. The number of halogens is 1. The monoisotopic (exact) mass is 352 g/mol. The molecule has 0 spiro atoms. The third kappa shape index (κ3) is 6.35. The molecule has 1 heterocycles. The minimum atomic E-state index is 0.260. The summed E-state index contributed by atoms with van der Waals surface area (Å²) < 4.78 is 10.6. The van der Waals surface area contributed by atoms with Crippen molar-refractivity contribution < 1.29 is 9.47 Å². The topological polar surface area (TPSA) is 68.3 Å². The molecule has 2 N–H and O–H groups in total. The molecular weight excluding hydrogens is 336 g/mol. The van der Waals surface area contributed by atoms with Crippen molar-refractivity contribution in [2.45, 2.75) is 6.42 Å². The van der Waals surface area contributed by atoms with Crippen molar-refractivity contribution in [3.05, 3.63) is 41.6 Å². The van der Waals surface area contributed by atoms with E-state index in [0.717, 1.165) is 6.42 Å². The zero-order chi connectivity index (χ0) is 16.5. The average Bonchev–Trinajstić information content (AvgIpc) is 2.52. The van der Waals surface area contributed by atoms with Gasteiger partial charge in [-0.25, -0.2) is 4.98 Å². The van der Waals surface area contributed by atoms with Crippen molar-refractivity contribution in [1.29, 1.82) is 0 Å². The molecule has 0 fully saturated rings. The Balaban J connectivity index is 1.95. The second kappa shape index (κ2) is 9.24. The van der Waals surface area contributed by atoms with Crippen LogP contribution in [0, 0.1) is 0 Å². The van der Waals surface area contributed by atoms with Gasteiger partial charge in [0.2, 0.25) is 11.8 Å². The largest absolute Gasteiger partial charge is 0.439 e. The zero-order valence-corrected chi connectivity index (χ0v) is 14.2. The van der Waals surface area contributed by atoms with Crippen LogP contribution in [0.15, 0.2) is 36.4 Å². The average molecular weight is 353 g/mol. The van der Waals surface area contributed by atoms with Crippen LogP contribution in [-0.4, -0.2) is 35.3 Å². The summed E-state index contributed by atoms with van der Waals surface area (Å²) in [6.07, 6.45) is 0.844. The second-order valence-corrected chi connectivity index (χ2v) is 5.29. The molecule has 0 radical (unpaired) electrons. The number of ether oxygens (including phenoxy) is 2. The van der Waals surface area contributed by atoms with Gasteiger partial charge in [-0.05, 0) is 30.8 Å². The Morgan fingerprint density at radius 2 is 2.04 bits per heavy atom. The molecule has 2 aromatic rings. The molecule has 0 bridgehead atoms.